The lowest BCUT2D eigenvalue weighted by atomic mass is 10.0. The van der Waals surface area contributed by atoms with E-state index in [2.05, 4.69) is 10.1 Å². The monoisotopic (exact) mass is 397 g/mol. The number of hydrogen-bond donors (Lipinski definition) is 0. The summed E-state index contributed by atoms with van der Waals surface area (Å²) < 4.78 is 10.7. The zero-order valence-corrected chi connectivity index (χ0v) is 16.2. The van der Waals surface area contributed by atoms with Gasteiger partial charge in [0.2, 0.25) is 11.7 Å². The number of ether oxygens (including phenoxy) is 1. The minimum absolute atomic E-state index is 0.112. The van der Waals surface area contributed by atoms with E-state index in [4.69, 9.17) is 20.9 Å². The highest BCUT2D eigenvalue weighted by Gasteiger charge is 2.33. The number of piperidine rings is 1. The lowest BCUT2D eigenvalue weighted by Crippen LogP contribution is -2.38. The Labute approximate surface area is 168 Å². The van der Waals surface area contributed by atoms with E-state index in [1.807, 2.05) is 36.4 Å². The van der Waals surface area contributed by atoms with Gasteiger partial charge >= 0.3 is 0 Å². The molecule has 1 saturated heterocycles. The second-order valence-electron chi connectivity index (χ2n) is 6.67. The molecule has 2 heterocycles. The van der Waals surface area contributed by atoms with Crippen molar-refractivity contribution in [3.8, 4) is 17.1 Å². The van der Waals surface area contributed by atoms with Gasteiger partial charge in [0, 0.05) is 12.1 Å². The van der Waals surface area contributed by atoms with Crippen molar-refractivity contribution in [1.29, 1.82) is 0 Å². The lowest BCUT2D eigenvalue weighted by Gasteiger charge is -2.33. The molecule has 1 aliphatic heterocycles. The fourth-order valence-electron chi connectivity index (χ4n) is 3.45. The van der Waals surface area contributed by atoms with Gasteiger partial charge < -0.3 is 14.2 Å². The molecule has 144 valence electrons. The summed E-state index contributed by atoms with van der Waals surface area (Å²) >= 11 is 6.23. The van der Waals surface area contributed by atoms with Crippen molar-refractivity contribution in [1.82, 2.24) is 15.0 Å². The van der Waals surface area contributed by atoms with Crippen molar-refractivity contribution in [3.63, 3.8) is 0 Å². The van der Waals surface area contributed by atoms with Gasteiger partial charge in [0.1, 0.15) is 11.8 Å². The van der Waals surface area contributed by atoms with Crippen LogP contribution in [0.5, 0.6) is 5.75 Å². The van der Waals surface area contributed by atoms with Crippen LogP contribution in [0.4, 0.5) is 0 Å². The van der Waals surface area contributed by atoms with E-state index in [0.29, 0.717) is 28.8 Å². The summed E-state index contributed by atoms with van der Waals surface area (Å²) in [5.41, 5.74) is 1.32. The van der Waals surface area contributed by atoms with Crippen LogP contribution in [-0.4, -0.2) is 34.6 Å². The molecule has 4 rings (SSSR count). The van der Waals surface area contributed by atoms with Crippen LogP contribution in [-0.2, 0) is 0 Å². The predicted octanol–water partition coefficient (Wildman–Crippen LogP) is 4.77. The first-order valence-corrected chi connectivity index (χ1v) is 9.58. The van der Waals surface area contributed by atoms with Crippen molar-refractivity contribution in [2.24, 2.45) is 0 Å². The smallest absolute Gasteiger partial charge is 0.256 e. The van der Waals surface area contributed by atoms with Crippen molar-refractivity contribution in [2.75, 3.05) is 13.7 Å². The minimum Gasteiger partial charge on any atom is -0.497 e. The third-order valence-corrected chi connectivity index (χ3v) is 5.27. The quantitative estimate of drug-likeness (QED) is 0.634. The fraction of sp³-hybridized carbons (Fsp3) is 0.286. The molecule has 7 heteroatoms. The molecular weight excluding hydrogens is 378 g/mol. The topological polar surface area (TPSA) is 68.5 Å². The molecule has 0 aliphatic carbocycles. The number of amides is 1. The summed E-state index contributed by atoms with van der Waals surface area (Å²) in [5.74, 6) is 1.59. The maximum absolute atomic E-state index is 13.1. The number of carbonyl (C=O) groups excluding carboxylic acids is 1. The van der Waals surface area contributed by atoms with Crippen LogP contribution < -0.4 is 4.74 Å². The molecule has 1 fully saturated rings. The summed E-state index contributed by atoms with van der Waals surface area (Å²) in [5, 5.41) is 4.56. The Hall–Kier alpha value is -2.86. The molecule has 0 radical (unpaired) electrons. The highest BCUT2D eigenvalue weighted by Crippen LogP contribution is 2.33. The number of methoxy groups -OCH3 is 1. The third-order valence-electron chi connectivity index (χ3n) is 4.94. The fourth-order valence-corrected chi connectivity index (χ4v) is 3.67. The molecule has 1 aliphatic rings. The summed E-state index contributed by atoms with van der Waals surface area (Å²) in [4.78, 5) is 19.4. The number of hydrogen-bond acceptors (Lipinski definition) is 5. The van der Waals surface area contributed by atoms with Gasteiger partial charge in [-0.1, -0.05) is 28.9 Å². The van der Waals surface area contributed by atoms with Crippen molar-refractivity contribution < 1.29 is 14.1 Å². The molecule has 3 aromatic rings. The Bertz CT molecular complexity index is 971. The number of benzene rings is 2. The van der Waals surface area contributed by atoms with Crippen LogP contribution in [0.2, 0.25) is 5.02 Å². The van der Waals surface area contributed by atoms with Crippen molar-refractivity contribution in [2.45, 2.75) is 25.3 Å². The Balaban J connectivity index is 1.60. The Morgan fingerprint density at radius 1 is 1.18 bits per heavy atom. The van der Waals surface area contributed by atoms with E-state index >= 15 is 0 Å². The van der Waals surface area contributed by atoms with Gasteiger partial charge in [-0.3, -0.25) is 4.79 Å². The summed E-state index contributed by atoms with van der Waals surface area (Å²) in [6.07, 6.45) is 2.71. The second-order valence-corrected chi connectivity index (χ2v) is 7.08. The first kappa shape index (κ1) is 18.5. The number of nitrogens with zero attached hydrogens (tertiary/aromatic N) is 3. The van der Waals surface area contributed by atoms with Crippen LogP contribution in [0.3, 0.4) is 0 Å². The third kappa shape index (κ3) is 3.60. The first-order chi connectivity index (χ1) is 13.7. The Kier molecular flexibility index (Phi) is 5.30. The molecule has 0 saturated carbocycles. The van der Waals surface area contributed by atoms with Gasteiger partial charge in [-0.2, -0.15) is 4.98 Å². The molecule has 1 aromatic heterocycles. The number of aromatic nitrogens is 2. The van der Waals surface area contributed by atoms with Crippen LogP contribution in [0, 0.1) is 0 Å². The maximum atomic E-state index is 13.1. The number of halogens is 1. The van der Waals surface area contributed by atoms with E-state index < -0.39 is 0 Å². The molecular formula is C21H20ClN3O3. The summed E-state index contributed by atoms with van der Waals surface area (Å²) in [6.45, 7) is 0.634. The van der Waals surface area contributed by atoms with Gasteiger partial charge in [0.05, 0.1) is 17.7 Å². The number of carbonyl (C=O) groups is 1. The van der Waals surface area contributed by atoms with Crippen LogP contribution >= 0.6 is 11.6 Å². The van der Waals surface area contributed by atoms with Gasteiger partial charge in [-0.05, 0) is 55.7 Å². The molecule has 0 spiro atoms. The van der Waals surface area contributed by atoms with E-state index in [9.17, 15) is 4.79 Å². The molecule has 28 heavy (non-hydrogen) atoms. The standard InChI is InChI=1S/C21H20ClN3O3/c1-27-15-11-9-14(10-12-15)19-23-20(28-24-19)18-8-4-5-13-25(18)21(26)16-6-2-3-7-17(16)22/h2-3,6-7,9-12,18H,4-5,8,13H2,1H3/t18-/m0/s1. The van der Waals surface area contributed by atoms with Gasteiger partial charge in [-0.15, -0.1) is 0 Å². The lowest BCUT2D eigenvalue weighted by molar-refractivity contribution is 0.0561. The highest BCUT2D eigenvalue weighted by molar-refractivity contribution is 6.33. The molecule has 0 unspecified atom stereocenters. The molecule has 0 N–H and O–H groups in total. The SMILES string of the molecule is COc1ccc(-c2noc([C@@H]3CCCCN3C(=O)c3ccccc3Cl)n2)cc1. The van der Waals surface area contributed by atoms with Gasteiger partial charge in [-0.25, -0.2) is 0 Å². The number of likely N-dealkylation sites (tertiary alicyclic amines) is 1. The highest BCUT2D eigenvalue weighted by atomic mass is 35.5. The molecule has 2 aromatic carbocycles. The average Bonchev–Trinajstić information content (AvgIpc) is 3.24. The summed E-state index contributed by atoms with van der Waals surface area (Å²) in [6, 6.07) is 14.3. The normalized spacial score (nSPS) is 16.8. The second kappa shape index (κ2) is 8.02. The number of rotatable bonds is 4. The van der Waals surface area contributed by atoms with Crippen molar-refractivity contribution in [3.05, 3.63) is 65.0 Å². The Morgan fingerprint density at radius 2 is 1.96 bits per heavy atom. The average molecular weight is 398 g/mol. The van der Waals surface area contributed by atoms with E-state index in [1.165, 1.54) is 0 Å². The van der Waals surface area contributed by atoms with Crippen LogP contribution in [0.25, 0.3) is 11.4 Å². The van der Waals surface area contributed by atoms with E-state index in [0.717, 1.165) is 30.6 Å². The Morgan fingerprint density at radius 3 is 2.71 bits per heavy atom. The first-order valence-electron chi connectivity index (χ1n) is 9.21. The molecule has 1 amide bonds. The predicted molar refractivity (Wildman–Crippen MR) is 105 cm³/mol. The van der Waals surface area contributed by atoms with E-state index in [-0.39, 0.29) is 11.9 Å². The zero-order valence-electron chi connectivity index (χ0n) is 15.5. The zero-order chi connectivity index (χ0) is 19.5. The molecule has 1 atom stereocenters. The van der Waals surface area contributed by atoms with Gasteiger partial charge in [0.25, 0.3) is 5.91 Å². The van der Waals surface area contributed by atoms with Crippen LogP contribution in [0.15, 0.2) is 53.1 Å². The molecule has 0 bridgehead atoms. The van der Waals surface area contributed by atoms with E-state index in [1.54, 1.807) is 24.1 Å². The maximum Gasteiger partial charge on any atom is 0.256 e. The molecule has 6 nitrogen and oxygen atoms in total. The largest absolute Gasteiger partial charge is 0.497 e. The van der Waals surface area contributed by atoms with Crippen LogP contribution in [0.1, 0.15) is 41.6 Å². The summed E-state index contributed by atoms with van der Waals surface area (Å²) in [7, 11) is 1.62. The van der Waals surface area contributed by atoms with Gasteiger partial charge in [0.15, 0.2) is 0 Å². The minimum atomic E-state index is -0.253. The van der Waals surface area contributed by atoms with Crippen molar-refractivity contribution >= 4 is 17.5 Å².